The fourth-order valence-corrected chi connectivity index (χ4v) is 2.59. The fraction of sp³-hybridized carbons (Fsp3) is 0.467. The number of nitrogens with zero attached hydrogens (tertiary/aromatic N) is 4. The van der Waals surface area contributed by atoms with E-state index in [9.17, 15) is 4.79 Å². The molecule has 0 amide bonds. The molecule has 6 heteroatoms. The first-order valence-electron chi connectivity index (χ1n) is 7.39. The van der Waals surface area contributed by atoms with Crippen molar-refractivity contribution in [2.75, 3.05) is 31.1 Å². The maximum atomic E-state index is 12.2. The lowest BCUT2D eigenvalue weighted by Gasteiger charge is -2.29. The van der Waals surface area contributed by atoms with Crippen LogP contribution in [-0.2, 0) is 0 Å². The summed E-state index contributed by atoms with van der Waals surface area (Å²) in [5, 5.41) is 7.50. The molecule has 21 heavy (non-hydrogen) atoms. The number of aromatic nitrogens is 3. The summed E-state index contributed by atoms with van der Waals surface area (Å²) >= 11 is 0. The second kappa shape index (κ2) is 5.73. The third kappa shape index (κ3) is 2.71. The molecule has 1 aliphatic heterocycles. The van der Waals surface area contributed by atoms with Crippen LogP contribution in [0.5, 0.6) is 0 Å². The highest BCUT2D eigenvalue weighted by atomic mass is 16.2. The number of benzene rings is 1. The fourth-order valence-electron chi connectivity index (χ4n) is 2.59. The molecular formula is C15H21N5O. The summed E-state index contributed by atoms with van der Waals surface area (Å²) < 4.78 is 3.08. The van der Waals surface area contributed by atoms with Crippen molar-refractivity contribution in [3.8, 4) is 5.69 Å². The van der Waals surface area contributed by atoms with Gasteiger partial charge >= 0.3 is 5.69 Å². The number of nitrogens with one attached hydrogen (secondary N) is 1. The zero-order valence-corrected chi connectivity index (χ0v) is 12.5. The van der Waals surface area contributed by atoms with Crippen LogP contribution in [0, 0.1) is 0 Å². The molecule has 1 aromatic carbocycles. The molecule has 1 aromatic heterocycles. The number of anilines is 1. The Bertz CT molecular complexity index is 649. The molecule has 0 aliphatic carbocycles. The molecule has 0 spiro atoms. The van der Waals surface area contributed by atoms with Crippen LogP contribution >= 0.6 is 0 Å². The Balaban J connectivity index is 1.85. The van der Waals surface area contributed by atoms with E-state index in [2.05, 4.69) is 27.4 Å². The third-order valence-corrected chi connectivity index (χ3v) is 3.79. The van der Waals surface area contributed by atoms with Crippen LogP contribution in [0.3, 0.4) is 0 Å². The number of rotatable bonds is 3. The third-order valence-electron chi connectivity index (χ3n) is 3.79. The molecular weight excluding hydrogens is 266 g/mol. The van der Waals surface area contributed by atoms with E-state index >= 15 is 0 Å². The van der Waals surface area contributed by atoms with Gasteiger partial charge in [0.1, 0.15) is 6.33 Å². The van der Waals surface area contributed by atoms with E-state index in [1.807, 2.05) is 26.0 Å². The summed E-state index contributed by atoms with van der Waals surface area (Å²) in [7, 11) is 0. The zero-order chi connectivity index (χ0) is 14.8. The van der Waals surface area contributed by atoms with Crippen LogP contribution in [-0.4, -0.2) is 40.5 Å². The highest BCUT2D eigenvalue weighted by Gasteiger charge is 2.12. The lowest BCUT2D eigenvalue weighted by molar-refractivity contribution is 0.511. The van der Waals surface area contributed by atoms with Crippen LogP contribution in [0.2, 0.25) is 0 Å². The van der Waals surface area contributed by atoms with Gasteiger partial charge in [0.2, 0.25) is 0 Å². The zero-order valence-electron chi connectivity index (χ0n) is 12.5. The van der Waals surface area contributed by atoms with E-state index in [4.69, 9.17) is 0 Å². The van der Waals surface area contributed by atoms with Gasteiger partial charge in [0.25, 0.3) is 0 Å². The molecule has 6 nitrogen and oxygen atoms in total. The van der Waals surface area contributed by atoms with E-state index in [1.54, 1.807) is 10.9 Å². The summed E-state index contributed by atoms with van der Waals surface area (Å²) in [5.74, 6) is 0. The summed E-state index contributed by atoms with van der Waals surface area (Å²) in [5.41, 5.74) is 1.95. The molecule has 1 fully saturated rings. The van der Waals surface area contributed by atoms with Crippen molar-refractivity contribution in [2.24, 2.45) is 0 Å². The van der Waals surface area contributed by atoms with Crippen LogP contribution in [0.25, 0.3) is 5.69 Å². The van der Waals surface area contributed by atoms with Gasteiger partial charge in [0.15, 0.2) is 0 Å². The van der Waals surface area contributed by atoms with Crippen molar-refractivity contribution >= 4 is 5.69 Å². The number of hydrogen-bond donors (Lipinski definition) is 1. The van der Waals surface area contributed by atoms with Gasteiger partial charge in [-0.25, -0.2) is 14.0 Å². The predicted octanol–water partition coefficient (Wildman–Crippen LogP) is 1.02. The summed E-state index contributed by atoms with van der Waals surface area (Å²) in [4.78, 5) is 14.6. The first-order chi connectivity index (χ1) is 10.2. The minimum Gasteiger partial charge on any atom is -0.369 e. The Morgan fingerprint density at radius 2 is 1.71 bits per heavy atom. The van der Waals surface area contributed by atoms with Crippen molar-refractivity contribution in [1.82, 2.24) is 19.7 Å². The molecule has 3 rings (SSSR count). The van der Waals surface area contributed by atoms with Gasteiger partial charge in [0.05, 0.1) is 11.7 Å². The van der Waals surface area contributed by atoms with E-state index in [1.165, 1.54) is 10.4 Å². The second-order valence-electron chi connectivity index (χ2n) is 5.58. The lowest BCUT2D eigenvalue weighted by Crippen LogP contribution is -2.43. The summed E-state index contributed by atoms with van der Waals surface area (Å²) in [6.07, 6.45) is 1.59. The smallest absolute Gasteiger partial charge is 0.350 e. The minimum absolute atomic E-state index is 0.0684. The monoisotopic (exact) mass is 287 g/mol. The Morgan fingerprint density at radius 3 is 2.29 bits per heavy atom. The average Bonchev–Trinajstić information content (AvgIpc) is 2.90. The van der Waals surface area contributed by atoms with Crippen molar-refractivity contribution in [1.29, 1.82) is 0 Å². The second-order valence-corrected chi connectivity index (χ2v) is 5.58. The first-order valence-corrected chi connectivity index (χ1v) is 7.39. The van der Waals surface area contributed by atoms with Crippen LogP contribution < -0.4 is 15.9 Å². The van der Waals surface area contributed by atoms with Gasteiger partial charge in [-0.2, -0.15) is 5.10 Å². The topological polar surface area (TPSA) is 55.1 Å². The highest BCUT2D eigenvalue weighted by Crippen LogP contribution is 2.17. The summed E-state index contributed by atoms with van der Waals surface area (Å²) in [6, 6.07) is 8.16. The Kier molecular flexibility index (Phi) is 3.79. The van der Waals surface area contributed by atoms with Gasteiger partial charge in [0, 0.05) is 31.9 Å². The Morgan fingerprint density at radius 1 is 1.10 bits per heavy atom. The van der Waals surface area contributed by atoms with Gasteiger partial charge < -0.3 is 10.2 Å². The van der Waals surface area contributed by atoms with Crippen LogP contribution in [0.15, 0.2) is 35.4 Å². The van der Waals surface area contributed by atoms with Crippen molar-refractivity contribution in [3.63, 3.8) is 0 Å². The van der Waals surface area contributed by atoms with Crippen LogP contribution in [0.1, 0.15) is 19.9 Å². The van der Waals surface area contributed by atoms with E-state index in [-0.39, 0.29) is 11.7 Å². The van der Waals surface area contributed by atoms with Gasteiger partial charge in [-0.1, -0.05) is 0 Å². The van der Waals surface area contributed by atoms with E-state index in [0.29, 0.717) is 0 Å². The first kappa shape index (κ1) is 13.9. The molecule has 0 unspecified atom stereocenters. The largest absolute Gasteiger partial charge is 0.369 e. The molecule has 0 radical (unpaired) electrons. The SMILES string of the molecule is CC(C)n1ncn(-c2ccc(N3CCNCC3)cc2)c1=O. The van der Waals surface area contributed by atoms with E-state index in [0.717, 1.165) is 31.9 Å². The molecule has 112 valence electrons. The molecule has 1 aliphatic rings. The highest BCUT2D eigenvalue weighted by molar-refractivity contribution is 5.51. The van der Waals surface area contributed by atoms with E-state index < -0.39 is 0 Å². The number of piperazine rings is 1. The lowest BCUT2D eigenvalue weighted by atomic mass is 10.2. The summed E-state index contributed by atoms with van der Waals surface area (Å²) in [6.45, 7) is 7.97. The Hall–Kier alpha value is -2.08. The number of hydrogen-bond acceptors (Lipinski definition) is 4. The van der Waals surface area contributed by atoms with Crippen molar-refractivity contribution in [3.05, 3.63) is 41.1 Å². The van der Waals surface area contributed by atoms with Gasteiger partial charge in [-0.05, 0) is 38.1 Å². The van der Waals surface area contributed by atoms with Crippen LogP contribution in [0.4, 0.5) is 5.69 Å². The van der Waals surface area contributed by atoms with Crippen molar-refractivity contribution < 1.29 is 0 Å². The van der Waals surface area contributed by atoms with Gasteiger partial charge in [-0.15, -0.1) is 0 Å². The Labute approximate surface area is 124 Å². The molecule has 2 heterocycles. The molecule has 0 bridgehead atoms. The minimum atomic E-state index is -0.0973. The van der Waals surface area contributed by atoms with Gasteiger partial charge in [-0.3, -0.25) is 0 Å². The molecule has 1 N–H and O–H groups in total. The standard InChI is InChI=1S/C15H21N5O/c1-12(2)20-15(21)19(11-17-20)14-5-3-13(4-6-14)18-9-7-16-8-10-18/h3-6,11-12,16H,7-10H2,1-2H3. The molecule has 2 aromatic rings. The van der Waals surface area contributed by atoms with Crippen molar-refractivity contribution in [2.45, 2.75) is 19.9 Å². The quantitative estimate of drug-likeness (QED) is 0.916. The molecule has 0 saturated carbocycles. The molecule has 1 saturated heterocycles. The normalized spacial score (nSPS) is 15.7. The predicted molar refractivity (Wildman–Crippen MR) is 83.3 cm³/mol. The average molecular weight is 287 g/mol. The molecule has 0 atom stereocenters. The maximum absolute atomic E-state index is 12.2. The maximum Gasteiger partial charge on any atom is 0.350 e.